The Kier molecular flexibility index (Phi) is 4.36. The second-order valence-electron chi connectivity index (χ2n) is 4.85. The minimum atomic E-state index is 0.0782. The van der Waals surface area contributed by atoms with Crippen LogP contribution in [-0.2, 0) is 6.42 Å². The molecule has 0 aliphatic carbocycles. The number of hydrogen-bond acceptors (Lipinski definition) is 2. The summed E-state index contributed by atoms with van der Waals surface area (Å²) in [4.78, 5) is 0. The molecule has 0 spiro atoms. The maximum atomic E-state index is 10.2. The van der Waals surface area contributed by atoms with Gasteiger partial charge in [0.2, 0.25) is 0 Å². The first-order chi connectivity index (χ1) is 7.49. The summed E-state index contributed by atoms with van der Waals surface area (Å²) >= 11 is 0. The van der Waals surface area contributed by atoms with Gasteiger partial charge in [-0.3, -0.25) is 0 Å². The second-order valence-corrected chi connectivity index (χ2v) is 4.85. The number of rotatable bonds is 4. The van der Waals surface area contributed by atoms with Crippen LogP contribution in [0.3, 0.4) is 0 Å². The van der Waals surface area contributed by atoms with Crippen molar-refractivity contribution in [2.45, 2.75) is 46.0 Å². The molecule has 0 fully saturated rings. The normalized spacial score (nSPS) is 11.4. The maximum absolute atomic E-state index is 10.2. The van der Waals surface area contributed by atoms with Gasteiger partial charge in [-0.15, -0.1) is 0 Å². The molecule has 0 unspecified atom stereocenters. The van der Waals surface area contributed by atoms with E-state index in [4.69, 9.17) is 5.11 Å². The molecule has 0 aromatic heterocycles. The molecule has 90 valence electrons. The Balaban J connectivity index is 3.29. The Morgan fingerprint density at radius 1 is 1.00 bits per heavy atom. The van der Waals surface area contributed by atoms with E-state index in [0.717, 1.165) is 16.7 Å². The van der Waals surface area contributed by atoms with Crippen molar-refractivity contribution in [1.29, 1.82) is 0 Å². The van der Waals surface area contributed by atoms with Crippen molar-refractivity contribution in [2.24, 2.45) is 0 Å². The average Bonchev–Trinajstić information content (AvgIpc) is 2.20. The van der Waals surface area contributed by atoms with Crippen molar-refractivity contribution >= 4 is 0 Å². The third-order valence-electron chi connectivity index (χ3n) is 2.96. The Morgan fingerprint density at radius 2 is 1.50 bits per heavy atom. The van der Waals surface area contributed by atoms with Crippen LogP contribution in [-0.4, -0.2) is 16.8 Å². The van der Waals surface area contributed by atoms with E-state index >= 15 is 0 Å². The number of aromatic hydroxyl groups is 1. The van der Waals surface area contributed by atoms with Crippen LogP contribution in [0.4, 0.5) is 0 Å². The number of aliphatic hydroxyl groups excluding tert-OH is 1. The zero-order valence-electron chi connectivity index (χ0n) is 10.6. The lowest BCUT2D eigenvalue weighted by molar-refractivity contribution is 0.296. The molecule has 0 bridgehead atoms. The zero-order valence-corrected chi connectivity index (χ0v) is 10.6. The number of hydrogen-bond donors (Lipinski definition) is 2. The largest absolute Gasteiger partial charge is 0.507 e. The van der Waals surface area contributed by atoms with E-state index in [2.05, 4.69) is 33.8 Å². The lowest BCUT2D eigenvalue weighted by atomic mass is 9.89. The molecule has 16 heavy (non-hydrogen) atoms. The van der Waals surface area contributed by atoms with Crippen molar-refractivity contribution in [3.8, 4) is 5.75 Å². The van der Waals surface area contributed by atoms with Gasteiger partial charge in [-0.2, -0.15) is 0 Å². The molecule has 1 aromatic carbocycles. The smallest absolute Gasteiger partial charge is 0.122 e. The van der Waals surface area contributed by atoms with Crippen LogP contribution in [0.2, 0.25) is 0 Å². The first-order valence-electron chi connectivity index (χ1n) is 5.94. The lowest BCUT2D eigenvalue weighted by Gasteiger charge is -2.18. The summed E-state index contributed by atoms with van der Waals surface area (Å²) in [6, 6.07) is 4.07. The second kappa shape index (κ2) is 5.35. The highest BCUT2D eigenvalue weighted by molar-refractivity contribution is 5.48. The van der Waals surface area contributed by atoms with Crippen LogP contribution >= 0.6 is 0 Å². The van der Waals surface area contributed by atoms with E-state index in [-0.39, 0.29) is 6.61 Å². The van der Waals surface area contributed by atoms with Gasteiger partial charge in [0.15, 0.2) is 0 Å². The summed E-state index contributed by atoms with van der Waals surface area (Å²) < 4.78 is 0. The van der Waals surface area contributed by atoms with Crippen LogP contribution in [0, 0.1) is 0 Å². The molecule has 0 aliphatic rings. The highest BCUT2D eigenvalue weighted by atomic mass is 16.3. The molecule has 0 saturated heterocycles. The van der Waals surface area contributed by atoms with Crippen molar-refractivity contribution in [1.82, 2.24) is 0 Å². The van der Waals surface area contributed by atoms with Crippen LogP contribution in [0.15, 0.2) is 12.1 Å². The number of aliphatic hydroxyl groups is 1. The summed E-state index contributed by atoms with van der Waals surface area (Å²) in [5.41, 5.74) is 3.01. The minimum absolute atomic E-state index is 0.0782. The third-order valence-corrected chi connectivity index (χ3v) is 2.96. The fourth-order valence-corrected chi connectivity index (χ4v) is 2.05. The van der Waals surface area contributed by atoms with E-state index in [1.165, 1.54) is 0 Å². The Morgan fingerprint density at radius 3 is 1.94 bits per heavy atom. The standard InChI is InChI=1S/C14H22O2/c1-9(2)11-5-6-12(10(3)4)14(16)13(11)7-8-15/h5-6,9-10,15-16H,7-8H2,1-4H3. The van der Waals surface area contributed by atoms with Gasteiger partial charge in [-0.1, -0.05) is 39.8 Å². The first-order valence-corrected chi connectivity index (χ1v) is 5.94. The monoisotopic (exact) mass is 222 g/mol. The molecular formula is C14H22O2. The molecule has 2 N–H and O–H groups in total. The van der Waals surface area contributed by atoms with Gasteiger partial charge < -0.3 is 10.2 Å². The van der Waals surface area contributed by atoms with Gasteiger partial charge in [-0.05, 0) is 34.9 Å². The summed E-state index contributed by atoms with van der Waals surface area (Å²) in [5, 5.41) is 19.3. The molecule has 2 heteroatoms. The van der Waals surface area contributed by atoms with Crippen LogP contribution < -0.4 is 0 Å². The van der Waals surface area contributed by atoms with E-state index in [0.29, 0.717) is 24.0 Å². The van der Waals surface area contributed by atoms with Crippen molar-refractivity contribution in [2.75, 3.05) is 6.61 Å². The number of phenols is 1. The van der Waals surface area contributed by atoms with Gasteiger partial charge >= 0.3 is 0 Å². The van der Waals surface area contributed by atoms with Gasteiger partial charge in [-0.25, -0.2) is 0 Å². The predicted molar refractivity (Wildman–Crippen MR) is 67.1 cm³/mol. The van der Waals surface area contributed by atoms with Gasteiger partial charge in [0.05, 0.1) is 0 Å². The topological polar surface area (TPSA) is 40.5 Å². The Bertz CT molecular complexity index is 354. The van der Waals surface area contributed by atoms with Crippen molar-refractivity contribution in [3.63, 3.8) is 0 Å². The summed E-state index contributed by atoms with van der Waals surface area (Å²) in [6.45, 7) is 8.41. The van der Waals surface area contributed by atoms with E-state index in [1.54, 1.807) is 0 Å². The molecule has 0 aliphatic heterocycles. The molecule has 0 radical (unpaired) electrons. The molecular weight excluding hydrogens is 200 g/mol. The van der Waals surface area contributed by atoms with Gasteiger partial charge in [0, 0.05) is 6.61 Å². The van der Waals surface area contributed by atoms with Crippen molar-refractivity contribution < 1.29 is 10.2 Å². The minimum Gasteiger partial charge on any atom is -0.507 e. The quantitative estimate of drug-likeness (QED) is 0.821. The fourth-order valence-electron chi connectivity index (χ4n) is 2.05. The Hall–Kier alpha value is -1.02. The van der Waals surface area contributed by atoms with Crippen LogP contribution in [0.1, 0.15) is 56.2 Å². The number of benzene rings is 1. The highest BCUT2D eigenvalue weighted by Crippen LogP contribution is 2.34. The van der Waals surface area contributed by atoms with Gasteiger partial charge in [0.1, 0.15) is 5.75 Å². The SMILES string of the molecule is CC(C)c1ccc(C(C)C)c(CCO)c1O. The predicted octanol–water partition coefficient (Wildman–Crippen LogP) is 3.17. The molecule has 1 aromatic rings. The summed E-state index contributed by atoms with van der Waals surface area (Å²) in [7, 11) is 0. The number of phenolic OH excluding ortho intramolecular Hbond substituents is 1. The van der Waals surface area contributed by atoms with Crippen molar-refractivity contribution in [3.05, 3.63) is 28.8 Å². The van der Waals surface area contributed by atoms with E-state index in [1.807, 2.05) is 6.07 Å². The molecule has 0 saturated carbocycles. The highest BCUT2D eigenvalue weighted by Gasteiger charge is 2.15. The molecule has 2 nitrogen and oxygen atoms in total. The average molecular weight is 222 g/mol. The zero-order chi connectivity index (χ0) is 12.3. The Labute approximate surface area is 97.9 Å². The molecule has 0 heterocycles. The first kappa shape index (κ1) is 13.0. The summed E-state index contributed by atoms with van der Waals surface area (Å²) in [5.74, 6) is 1.04. The van der Waals surface area contributed by atoms with Crippen LogP contribution in [0.5, 0.6) is 5.75 Å². The lowest BCUT2D eigenvalue weighted by Crippen LogP contribution is -2.03. The molecule has 1 rings (SSSR count). The van der Waals surface area contributed by atoms with E-state index in [9.17, 15) is 5.11 Å². The van der Waals surface area contributed by atoms with E-state index < -0.39 is 0 Å². The fraction of sp³-hybridized carbons (Fsp3) is 0.571. The maximum Gasteiger partial charge on any atom is 0.122 e. The third kappa shape index (κ3) is 2.56. The van der Waals surface area contributed by atoms with Crippen LogP contribution in [0.25, 0.3) is 0 Å². The van der Waals surface area contributed by atoms with Gasteiger partial charge in [0.25, 0.3) is 0 Å². The molecule has 0 atom stereocenters. The molecule has 0 amide bonds. The summed E-state index contributed by atoms with van der Waals surface area (Å²) in [6.07, 6.45) is 0.528.